The van der Waals surface area contributed by atoms with Crippen molar-refractivity contribution in [2.75, 3.05) is 117 Å². The molecule has 5 rings (SSSR count). The number of piperidine rings is 3. The number of rotatable bonds is 38. The van der Waals surface area contributed by atoms with Crippen LogP contribution < -0.4 is 36.9 Å². The number of hydrogen-bond donors (Lipinski definition) is 5. The van der Waals surface area contributed by atoms with Crippen molar-refractivity contribution in [3.8, 4) is 11.5 Å². The third-order valence-electron chi connectivity index (χ3n) is 16.7. The predicted molar refractivity (Wildman–Crippen MR) is 344 cm³/mol. The highest BCUT2D eigenvalue weighted by Crippen LogP contribution is 2.31. The molecule has 3 saturated heterocycles. The molecule has 4 amide bonds. The molecule has 0 spiro atoms. The summed E-state index contributed by atoms with van der Waals surface area (Å²) in [5.74, 6) is 0.262. The van der Waals surface area contributed by atoms with Gasteiger partial charge >= 0.3 is 18.0 Å². The number of amides is 4. The molecule has 7 N–H and O–H groups in total. The van der Waals surface area contributed by atoms with Crippen molar-refractivity contribution in [1.29, 1.82) is 0 Å². The number of carbonyl (C=O) groups excluding carboxylic acids is 6. The number of ether oxygens (including phenoxy) is 5. The molecule has 0 unspecified atom stereocenters. The molecule has 22 heteroatoms. The van der Waals surface area contributed by atoms with E-state index in [1.165, 1.54) is 51.3 Å². The number of nitrogens with two attached hydrogens (primary N) is 2. The topological polar surface area (TPSA) is 250 Å². The van der Waals surface area contributed by atoms with E-state index in [4.69, 9.17) is 58.4 Å². The molecule has 490 valence electrons. The zero-order valence-electron chi connectivity index (χ0n) is 53.1. The normalized spacial score (nSPS) is 15.7. The fraction of sp³-hybridized carbons (Fsp3) is 0.723. The molecule has 3 aliphatic heterocycles. The molecule has 2 aromatic rings. The third-order valence-corrected chi connectivity index (χ3v) is 17.4. The van der Waals surface area contributed by atoms with E-state index in [0.29, 0.717) is 80.9 Å². The number of esters is 2. The van der Waals surface area contributed by atoms with Crippen LogP contribution in [0.15, 0.2) is 24.3 Å². The van der Waals surface area contributed by atoms with E-state index in [1.54, 1.807) is 4.90 Å². The van der Waals surface area contributed by atoms with E-state index in [-0.39, 0.29) is 70.3 Å². The molecular formula is C65H105Cl2N9O11. The molecule has 0 aromatic heterocycles. The van der Waals surface area contributed by atoms with Gasteiger partial charge in [-0.05, 0) is 116 Å². The summed E-state index contributed by atoms with van der Waals surface area (Å²) in [6, 6.07) is 6.27. The molecule has 0 atom stereocenters. The minimum absolute atomic E-state index is 0.0669. The second kappa shape index (κ2) is 39.7. The Morgan fingerprint density at radius 2 is 0.943 bits per heavy atom. The number of benzene rings is 2. The van der Waals surface area contributed by atoms with Gasteiger partial charge < -0.3 is 56.0 Å². The quantitative estimate of drug-likeness (QED) is 0.0181. The molecule has 0 bridgehead atoms. The number of carbonyl (C=O) groups is 6. The molecule has 87 heavy (non-hydrogen) atoms. The van der Waals surface area contributed by atoms with Crippen LogP contribution in [0.25, 0.3) is 0 Å². The number of hydrogen-bond acceptors (Lipinski definition) is 16. The zero-order valence-corrected chi connectivity index (χ0v) is 54.6. The molecular weight excluding hydrogens is 1150 g/mol. The number of halogens is 2. The Bertz CT molecular complexity index is 2290. The van der Waals surface area contributed by atoms with Gasteiger partial charge in [0.2, 0.25) is 17.7 Å². The second-order valence-electron chi connectivity index (χ2n) is 24.9. The van der Waals surface area contributed by atoms with Crippen LogP contribution in [0.2, 0.25) is 10.0 Å². The average Bonchev–Trinajstić information content (AvgIpc) is 3.35. The number of likely N-dealkylation sites (tertiary alicyclic amines) is 3. The molecule has 20 nitrogen and oxygen atoms in total. The second-order valence-corrected chi connectivity index (χ2v) is 25.7. The predicted octanol–water partition coefficient (Wildman–Crippen LogP) is 10.4. The van der Waals surface area contributed by atoms with Crippen LogP contribution in [0, 0.1) is 5.92 Å². The lowest BCUT2D eigenvalue weighted by Gasteiger charge is -2.33. The molecule has 3 aliphatic rings. The van der Waals surface area contributed by atoms with Crippen LogP contribution in [0.1, 0.15) is 196 Å². The van der Waals surface area contributed by atoms with E-state index >= 15 is 0 Å². The summed E-state index contributed by atoms with van der Waals surface area (Å²) >= 11 is 12.2. The van der Waals surface area contributed by atoms with Gasteiger partial charge in [-0.1, -0.05) is 100 Å². The van der Waals surface area contributed by atoms with Gasteiger partial charge in [0.15, 0.2) is 0 Å². The van der Waals surface area contributed by atoms with Gasteiger partial charge in [0.05, 0.1) is 42.2 Å². The first-order valence-corrected chi connectivity index (χ1v) is 33.2. The number of unbranched alkanes of at least 4 members (excludes halogenated alkanes) is 14. The lowest BCUT2D eigenvalue weighted by Crippen LogP contribution is -2.45. The minimum atomic E-state index is -0.526. The molecule has 2 aromatic carbocycles. The van der Waals surface area contributed by atoms with Gasteiger partial charge in [-0.2, -0.15) is 0 Å². The first-order valence-electron chi connectivity index (χ1n) is 32.4. The highest BCUT2D eigenvalue weighted by atomic mass is 35.5. The van der Waals surface area contributed by atoms with Crippen LogP contribution in [0.3, 0.4) is 0 Å². The number of anilines is 2. The Morgan fingerprint density at radius 1 is 0.552 bits per heavy atom. The minimum Gasteiger partial charge on any atom is -0.496 e. The smallest absolute Gasteiger partial charge is 0.410 e. The van der Waals surface area contributed by atoms with Crippen LogP contribution in [0.5, 0.6) is 11.5 Å². The van der Waals surface area contributed by atoms with Crippen molar-refractivity contribution in [2.24, 2.45) is 5.92 Å². The van der Waals surface area contributed by atoms with Crippen molar-refractivity contribution in [1.82, 2.24) is 35.6 Å². The van der Waals surface area contributed by atoms with E-state index < -0.39 is 17.5 Å². The molecule has 3 fully saturated rings. The number of nitrogens with one attached hydrogen (secondary N) is 3. The van der Waals surface area contributed by atoms with Gasteiger partial charge in [0, 0.05) is 96.0 Å². The van der Waals surface area contributed by atoms with Crippen LogP contribution in [-0.4, -0.2) is 179 Å². The van der Waals surface area contributed by atoms with E-state index in [1.807, 2.05) is 20.8 Å². The van der Waals surface area contributed by atoms with Gasteiger partial charge in [-0.3, -0.25) is 29.1 Å². The van der Waals surface area contributed by atoms with Crippen molar-refractivity contribution in [3.05, 3.63) is 45.4 Å². The Balaban J connectivity index is 0.879. The maximum atomic E-state index is 13.3. The molecule has 0 radical (unpaired) electrons. The molecule has 0 aliphatic carbocycles. The van der Waals surface area contributed by atoms with Gasteiger partial charge in [-0.15, -0.1) is 0 Å². The zero-order chi connectivity index (χ0) is 63.0. The Labute approximate surface area is 528 Å². The standard InChI is InChI=1S/C65H105Cl2N9O11/c1-65(2,3)87-64(82)76-36-24-48(25-37-76)46-70-61(79)47-75(30-20-16-12-8-6-10-14-18-22-59(77)71-49-26-32-73(33-27-49)38-40-85-62(80)51-42-53(66)55(68)44-57(51)83-4)31-21-17-13-9-7-11-15-19-23-60(78)72-50-28-34-74(35-29-50)39-41-86-63(81)52-43-54(67)56(69)45-58(52)84-5/h42-45,48-50H,6-41,46-47,68-69H2,1-5H3,(H,70,79)(H,71,77)(H,72,78). The summed E-state index contributed by atoms with van der Waals surface area (Å²) in [4.78, 5) is 85.4. The Kier molecular flexibility index (Phi) is 33.0. The average molecular weight is 1260 g/mol. The maximum absolute atomic E-state index is 13.3. The first-order chi connectivity index (χ1) is 41.8. The van der Waals surface area contributed by atoms with Gasteiger partial charge in [0.1, 0.15) is 41.4 Å². The lowest BCUT2D eigenvalue weighted by atomic mass is 9.97. The Hall–Kier alpha value is -5.28. The summed E-state index contributed by atoms with van der Waals surface area (Å²) in [5, 5.41) is 10.2. The summed E-state index contributed by atoms with van der Waals surface area (Å²) in [5.41, 5.74) is 12.3. The SMILES string of the molecule is COc1cc(N)c(Cl)cc1C(=O)OCCN1CCC(NC(=O)CCCCCCCCCCN(CCCCCCCCCCC(=O)NC2CCN(CCOC(=O)c3cc(Cl)c(N)cc3OC)CC2)CC(=O)NCC2CCN(C(=O)OC(C)(C)C)CC2)CC1. The van der Waals surface area contributed by atoms with Crippen LogP contribution in [-0.2, 0) is 28.6 Å². The largest absolute Gasteiger partial charge is 0.496 e. The molecule has 3 heterocycles. The van der Waals surface area contributed by atoms with Gasteiger partial charge in [-0.25, -0.2) is 14.4 Å². The monoisotopic (exact) mass is 1260 g/mol. The fourth-order valence-corrected chi connectivity index (χ4v) is 11.8. The van der Waals surface area contributed by atoms with E-state index in [0.717, 1.165) is 168 Å². The van der Waals surface area contributed by atoms with Crippen molar-refractivity contribution < 1.29 is 52.5 Å². The van der Waals surface area contributed by atoms with Crippen molar-refractivity contribution in [3.63, 3.8) is 0 Å². The summed E-state index contributed by atoms with van der Waals surface area (Å²) in [7, 11) is 2.93. The Morgan fingerprint density at radius 3 is 1.33 bits per heavy atom. The summed E-state index contributed by atoms with van der Waals surface area (Å²) in [6.07, 6.45) is 23.3. The van der Waals surface area contributed by atoms with Crippen LogP contribution in [0.4, 0.5) is 16.2 Å². The number of nitrogens with zero attached hydrogens (tertiary/aromatic N) is 4. The third kappa shape index (κ3) is 28.4. The molecule has 0 saturated carbocycles. The van der Waals surface area contributed by atoms with E-state index in [9.17, 15) is 28.8 Å². The van der Waals surface area contributed by atoms with Crippen molar-refractivity contribution >= 4 is 70.3 Å². The fourth-order valence-electron chi connectivity index (χ4n) is 11.5. The lowest BCUT2D eigenvalue weighted by molar-refractivity contribution is -0.123. The summed E-state index contributed by atoms with van der Waals surface area (Å²) in [6.45, 7) is 14.7. The first kappa shape index (κ1) is 72.5. The highest BCUT2D eigenvalue weighted by molar-refractivity contribution is 6.34. The van der Waals surface area contributed by atoms with E-state index in [2.05, 4.69) is 30.7 Å². The van der Waals surface area contributed by atoms with Crippen molar-refractivity contribution in [2.45, 2.75) is 193 Å². The summed E-state index contributed by atoms with van der Waals surface area (Å²) < 4.78 is 27.1. The van der Waals surface area contributed by atoms with Crippen LogP contribution >= 0.6 is 23.2 Å². The van der Waals surface area contributed by atoms with Gasteiger partial charge in [0.25, 0.3) is 0 Å². The number of nitrogen functional groups attached to an aromatic ring is 2. The number of methoxy groups -OCH3 is 2. The highest BCUT2D eigenvalue weighted by Gasteiger charge is 2.28. The maximum Gasteiger partial charge on any atom is 0.410 e.